The molecule has 0 unspecified atom stereocenters. The van der Waals surface area contributed by atoms with Gasteiger partial charge in [-0.1, -0.05) is 50.0 Å². The van der Waals surface area contributed by atoms with Crippen LogP contribution in [0.15, 0.2) is 18.2 Å². The summed E-state index contributed by atoms with van der Waals surface area (Å²) in [6, 6.07) is 4.35. The highest BCUT2D eigenvalue weighted by molar-refractivity contribution is 6.39. The van der Waals surface area contributed by atoms with Crippen LogP contribution < -0.4 is 16.0 Å². The molecule has 144 valence electrons. The maximum Gasteiger partial charge on any atom is 0.321 e. The van der Waals surface area contributed by atoms with Gasteiger partial charge in [-0.3, -0.25) is 19.8 Å². The van der Waals surface area contributed by atoms with Crippen molar-refractivity contribution in [3.63, 3.8) is 0 Å². The van der Waals surface area contributed by atoms with E-state index in [9.17, 15) is 14.4 Å². The molecule has 1 aromatic carbocycles. The van der Waals surface area contributed by atoms with Crippen molar-refractivity contribution in [3.8, 4) is 0 Å². The van der Waals surface area contributed by atoms with Gasteiger partial charge >= 0.3 is 6.03 Å². The van der Waals surface area contributed by atoms with Crippen LogP contribution in [0.2, 0.25) is 10.0 Å². The van der Waals surface area contributed by atoms with Crippen molar-refractivity contribution in [1.29, 1.82) is 0 Å². The minimum Gasteiger partial charge on any atom is -0.338 e. The number of amides is 4. The molecule has 0 radical (unpaired) electrons. The van der Waals surface area contributed by atoms with Crippen LogP contribution in [0.5, 0.6) is 0 Å². The number of rotatable bonds is 8. The van der Waals surface area contributed by atoms with Crippen molar-refractivity contribution >= 4 is 46.7 Å². The summed E-state index contributed by atoms with van der Waals surface area (Å²) >= 11 is 12.0. The Morgan fingerprint density at radius 3 is 2.19 bits per heavy atom. The summed E-state index contributed by atoms with van der Waals surface area (Å²) in [5.41, 5.74) is 0.328. The topological polar surface area (TPSA) is 90.5 Å². The monoisotopic (exact) mass is 402 g/mol. The molecule has 1 aromatic rings. The van der Waals surface area contributed by atoms with Gasteiger partial charge in [0.15, 0.2) is 0 Å². The fraction of sp³-hybridized carbons (Fsp3) is 0.471. The lowest BCUT2D eigenvalue weighted by molar-refractivity contribution is -0.122. The fourth-order valence-electron chi connectivity index (χ4n) is 1.99. The number of hydrogen-bond donors (Lipinski definition) is 3. The second kappa shape index (κ2) is 11.0. The van der Waals surface area contributed by atoms with Crippen LogP contribution in [0.4, 0.5) is 10.5 Å². The largest absolute Gasteiger partial charge is 0.338 e. The lowest BCUT2D eigenvalue weighted by Gasteiger charge is -2.19. The normalized spacial score (nSPS) is 10.7. The highest BCUT2D eigenvalue weighted by Gasteiger charge is 2.16. The molecule has 0 fully saturated rings. The first kappa shape index (κ1) is 22.2. The van der Waals surface area contributed by atoms with Crippen LogP contribution in [0.3, 0.4) is 0 Å². The van der Waals surface area contributed by atoms with Crippen LogP contribution in [0, 0.1) is 5.92 Å². The van der Waals surface area contributed by atoms with E-state index in [0.717, 1.165) is 0 Å². The number of carbonyl (C=O) groups is 3. The van der Waals surface area contributed by atoms with Crippen LogP contribution in [-0.4, -0.2) is 48.9 Å². The van der Waals surface area contributed by atoms with E-state index < -0.39 is 11.9 Å². The maximum atomic E-state index is 12.2. The Kier molecular flexibility index (Phi) is 9.40. The quantitative estimate of drug-likeness (QED) is 0.623. The molecular weight excluding hydrogens is 379 g/mol. The Balaban J connectivity index is 2.52. The molecule has 0 heterocycles. The number of hydrogen-bond acceptors (Lipinski definition) is 4. The number of nitrogens with zero attached hydrogens (tertiary/aromatic N) is 1. The van der Waals surface area contributed by atoms with Gasteiger partial charge in [0.2, 0.25) is 11.8 Å². The van der Waals surface area contributed by atoms with E-state index in [-0.39, 0.29) is 24.9 Å². The number of carbonyl (C=O) groups excluding carboxylic acids is 3. The van der Waals surface area contributed by atoms with E-state index in [1.54, 1.807) is 23.1 Å². The zero-order valence-electron chi connectivity index (χ0n) is 15.1. The molecule has 0 atom stereocenters. The third-order valence-electron chi connectivity index (χ3n) is 3.33. The van der Waals surface area contributed by atoms with Gasteiger partial charge in [0.1, 0.15) is 0 Å². The number of benzene rings is 1. The number of likely N-dealkylation sites (N-methyl/N-ethyl adjacent to an activating group) is 1. The van der Waals surface area contributed by atoms with E-state index in [2.05, 4.69) is 16.0 Å². The molecule has 0 bridgehead atoms. The van der Waals surface area contributed by atoms with E-state index >= 15 is 0 Å². The highest BCUT2D eigenvalue weighted by atomic mass is 35.5. The molecule has 0 aliphatic rings. The summed E-state index contributed by atoms with van der Waals surface area (Å²) in [5, 5.41) is 8.12. The number of nitrogens with one attached hydrogen (secondary N) is 3. The zero-order chi connectivity index (χ0) is 19.7. The van der Waals surface area contributed by atoms with Crippen LogP contribution in [0.1, 0.15) is 20.8 Å². The third-order valence-corrected chi connectivity index (χ3v) is 3.96. The van der Waals surface area contributed by atoms with Gasteiger partial charge in [-0.05, 0) is 24.6 Å². The van der Waals surface area contributed by atoms with Gasteiger partial charge in [0.05, 0.1) is 28.8 Å². The molecule has 0 saturated heterocycles. The molecule has 3 N–H and O–H groups in total. The summed E-state index contributed by atoms with van der Waals surface area (Å²) in [6.45, 7) is 6.49. The lowest BCUT2D eigenvalue weighted by atomic mass is 10.2. The van der Waals surface area contributed by atoms with Gasteiger partial charge in [-0.2, -0.15) is 0 Å². The smallest absolute Gasteiger partial charge is 0.321 e. The number of urea groups is 1. The minimum absolute atomic E-state index is 0.0426. The fourth-order valence-corrected chi connectivity index (χ4v) is 2.48. The van der Waals surface area contributed by atoms with E-state index in [1.807, 2.05) is 20.8 Å². The van der Waals surface area contributed by atoms with Crippen molar-refractivity contribution in [3.05, 3.63) is 28.2 Å². The molecule has 0 saturated carbocycles. The van der Waals surface area contributed by atoms with E-state index in [4.69, 9.17) is 23.2 Å². The maximum absolute atomic E-state index is 12.2. The number of imide groups is 1. The first-order valence-electron chi connectivity index (χ1n) is 8.26. The standard InChI is InChI=1S/C17H24Cl2N4O3/c1-4-23(10-15(25)22-17(26)20-8-11(2)3)9-14(24)21-16-12(18)6-5-7-13(16)19/h5-7,11H,4,8-10H2,1-3H3,(H,21,24)(H2,20,22,25,26). The Labute approximate surface area is 163 Å². The molecule has 9 heteroatoms. The van der Waals surface area contributed by atoms with Gasteiger partial charge in [-0.25, -0.2) is 4.79 Å². The molecule has 4 amide bonds. The Morgan fingerprint density at radius 2 is 1.65 bits per heavy atom. The molecule has 26 heavy (non-hydrogen) atoms. The second-order valence-electron chi connectivity index (χ2n) is 6.10. The summed E-state index contributed by atoms with van der Waals surface area (Å²) in [7, 11) is 0. The molecule has 1 rings (SSSR count). The highest BCUT2D eigenvalue weighted by Crippen LogP contribution is 2.29. The van der Waals surface area contributed by atoms with Gasteiger partial charge in [0, 0.05) is 6.54 Å². The van der Waals surface area contributed by atoms with Crippen molar-refractivity contribution in [1.82, 2.24) is 15.5 Å². The van der Waals surface area contributed by atoms with E-state index in [1.165, 1.54) is 0 Å². The number of para-hydroxylation sites is 1. The number of anilines is 1. The molecule has 0 spiro atoms. The van der Waals surface area contributed by atoms with Crippen molar-refractivity contribution in [2.24, 2.45) is 5.92 Å². The second-order valence-corrected chi connectivity index (χ2v) is 6.91. The molecular formula is C17H24Cl2N4O3. The summed E-state index contributed by atoms with van der Waals surface area (Å²) in [6.07, 6.45) is 0. The van der Waals surface area contributed by atoms with Crippen molar-refractivity contribution in [2.75, 3.05) is 31.5 Å². The van der Waals surface area contributed by atoms with Gasteiger partial charge < -0.3 is 10.6 Å². The SMILES string of the molecule is CCN(CC(=O)NC(=O)NCC(C)C)CC(=O)Nc1c(Cl)cccc1Cl. The first-order chi connectivity index (χ1) is 12.2. The van der Waals surface area contributed by atoms with Gasteiger partial charge in [0.25, 0.3) is 0 Å². The molecule has 0 aliphatic carbocycles. The Hall–Kier alpha value is -1.83. The number of halogens is 2. The Bertz CT molecular complexity index is 633. The predicted molar refractivity (Wildman–Crippen MR) is 104 cm³/mol. The van der Waals surface area contributed by atoms with Crippen LogP contribution in [-0.2, 0) is 9.59 Å². The zero-order valence-corrected chi connectivity index (χ0v) is 16.6. The van der Waals surface area contributed by atoms with E-state index in [0.29, 0.717) is 28.8 Å². The average molecular weight is 403 g/mol. The van der Waals surface area contributed by atoms with Crippen LogP contribution in [0.25, 0.3) is 0 Å². The third kappa shape index (κ3) is 8.03. The minimum atomic E-state index is -0.549. The average Bonchev–Trinajstić information content (AvgIpc) is 2.55. The molecule has 0 aromatic heterocycles. The van der Waals surface area contributed by atoms with Crippen molar-refractivity contribution in [2.45, 2.75) is 20.8 Å². The Morgan fingerprint density at radius 1 is 1.08 bits per heavy atom. The predicted octanol–water partition coefficient (Wildman–Crippen LogP) is 2.74. The first-order valence-corrected chi connectivity index (χ1v) is 9.02. The summed E-state index contributed by atoms with van der Waals surface area (Å²) in [5.74, 6) is -0.570. The summed E-state index contributed by atoms with van der Waals surface area (Å²) < 4.78 is 0. The van der Waals surface area contributed by atoms with Crippen LogP contribution >= 0.6 is 23.2 Å². The lowest BCUT2D eigenvalue weighted by Crippen LogP contribution is -2.46. The van der Waals surface area contributed by atoms with Gasteiger partial charge in [-0.15, -0.1) is 0 Å². The van der Waals surface area contributed by atoms with Crippen molar-refractivity contribution < 1.29 is 14.4 Å². The summed E-state index contributed by atoms with van der Waals surface area (Å²) in [4.78, 5) is 37.3. The molecule has 7 nitrogen and oxygen atoms in total. The molecule has 0 aliphatic heterocycles.